The summed E-state index contributed by atoms with van der Waals surface area (Å²) in [7, 11) is 3.02. The minimum absolute atomic E-state index is 0.0655. The van der Waals surface area contributed by atoms with Gasteiger partial charge in [-0.25, -0.2) is 4.39 Å². The number of halogens is 1. The molecule has 2 aliphatic heterocycles. The third kappa shape index (κ3) is 3.11. The second-order valence-electron chi connectivity index (χ2n) is 8.16. The molecular weight excluding hydrogens is 377 g/mol. The Morgan fingerprint density at radius 3 is 2.32 bits per heavy atom. The van der Waals surface area contributed by atoms with Crippen LogP contribution in [-0.4, -0.2) is 52.9 Å². The lowest BCUT2D eigenvalue weighted by Gasteiger charge is -2.47. The van der Waals surface area contributed by atoms with Gasteiger partial charge in [0, 0.05) is 37.4 Å². The molecule has 0 aromatic heterocycles. The van der Waals surface area contributed by atoms with E-state index in [1.165, 1.54) is 36.0 Å². The maximum atomic E-state index is 15.0. The van der Waals surface area contributed by atoms with Crippen molar-refractivity contribution in [3.8, 4) is 0 Å². The van der Waals surface area contributed by atoms with E-state index in [-0.39, 0.29) is 27.7 Å². The van der Waals surface area contributed by atoms with Gasteiger partial charge in [-0.15, -0.1) is 0 Å². The number of hydrogen-bond acceptors (Lipinski definition) is 4. The highest BCUT2D eigenvalue weighted by molar-refractivity contribution is 7.80. The fourth-order valence-corrected chi connectivity index (χ4v) is 4.53. The van der Waals surface area contributed by atoms with Crippen LogP contribution in [0.2, 0.25) is 0 Å². The van der Waals surface area contributed by atoms with Crippen LogP contribution >= 0.6 is 12.2 Å². The molecule has 0 saturated carbocycles. The topological polar surface area (TPSA) is 43.9 Å². The molecule has 1 unspecified atom stereocenters. The van der Waals surface area contributed by atoms with Gasteiger partial charge in [-0.05, 0) is 69.1 Å². The molecule has 0 N–H and O–H groups in total. The largest absolute Gasteiger partial charge is 0.366 e. The van der Waals surface area contributed by atoms with E-state index >= 15 is 0 Å². The van der Waals surface area contributed by atoms with Gasteiger partial charge in [-0.2, -0.15) is 0 Å². The molecule has 1 atom stereocenters. The van der Waals surface area contributed by atoms with E-state index in [1.54, 1.807) is 6.07 Å². The first-order valence-corrected chi connectivity index (χ1v) is 9.83. The number of nitrogens with zero attached hydrogens (tertiary/aromatic N) is 3. The standard InChI is InChI=1S/C21H26FN3O2S/c1-7-25-17-10-16(22)13(8-14(17)12(2)11-21(25,3)4)9-15-18(26)23(5)20(28)24(6)19(15)27/h8-10,12H,7,11H2,1-6H3. The minimum Gasteiger partial charge on any atom is -0.366 e. The zero-order valence-corrected chi connectivity index (χ0v) is 18.0. The van der Waals surface area contributed by atoms with Gasteiger partial charge in [0.2, 0.25) is 0 Å². The number of fused-ring (bicyclic) bond motifs is 1. The van der Waals surface area contributed by atoms with Crippen LogP contribution in [0.5, 0.6) is 0 Å². The number of rotatable bonds is 2. The first-order valence-electron chi connectivity index (χ1n) is 9.42. The second-order valence-corrected chi connectivity index (χ2v) is 8.53. The lowest BCUT2D eigenvalue weighted by atomic mass is 9.79. The van der Waals surface area contributed by atoms with Crippen LogP contribution in [0.25, 0.3) is 6.08 Å². The first kappa shape index (κ1) is 20.5. The quantitative estimate of drug-likeness (QED) is 0.430. The van der Waals surface area contributed by atoms with Gasteiger partial charge < -0.3 is 4.90 Å². The molecule has 0 radical (unpaired) electrons. The third-order valence-corrected chi connectivity index (χ3v) is 6.31. The molecule has 3 rings (SSSR count). The van der Waals surface area contributed by atoms with Crippen LogP contribution in [-0.2, 0) is 9.59 Å². The van der Waals surface area contributed by atoms with Crippen molar-refractivity contribution < 1.29 is 14.0 Å². The van der Waals surface area contributed by atoms with Crippen molar-refractivity contribution in [2.24, 2.45) is 0 Å². The molecular formula is C21H26FN3O2S. The van der Waals surface area contributed by atoms with Crippen molar-refractivity contribution in [3.05, 3.63) is 34.6 Å². The molecule has 1 saturated heterocycles. The Labute approximate surface area is 170 Å². The van der Waals surface area contributed by atoms with Gasteiger partial charge in [-0.3, -0.25) is 19.4 Å². The first-order chi connectivity index (χ1) is 13.0. The Bertz CT molecular complexity index is 883. The summed E-state index contributed by atoms with van der Waals surface area (Å²) in [5.74, 6) is -1.25. The summed E-state index contributed by atoms with van der Waals surface area (Å²) in [6.45, 7) is 9.29. The molecule has 1 aromatic rings. The van der Waals surface area contributed by atoms with Crippen LogP contribution in [0.15, 0.2) is 17.7 Å². The molecule has 28 heavy (non-hydrogen) atoms. The third-order valence-electron chi connectivity index (χ3n) is 5.76. The van der Waals surface area contributed by atoms with E-state index in [2.05, 4.69) is 32.6 Å². The molecule has 0 aliphatic carbocycles. The average Bonchev–Trinajstić information content (AvgIpc) is 2.62. The normalized spacial score (nSPS) is 22.0. The van der Waals surface area contributed by atoms with Crippen LogP contribution < -0.4 is 4.90 Å². The van der Waals surface area contributed by atoms with Gasteiger partial charge in [0.05, 0.1) is 0 Å². The van der Waals surface area contributed by atoms with Gasteiger partial charge >= 0.3 is 0 Å². The number of hydrogen-bond donors (Lipinski definition) is 0. The Balaban J connectivity index is 2.12. The van der Waals surface area contributed by atoms with Gasteiger partial charge in [0.1, 0.15) is 11.4 Å². The molecule has 2 heterocycles. The second kappa shape index (κ2) is 6.95. The molecule has 0 spiro atoms. The number of amides is 2. The van der Waals surface area contributed by atoms with Crippen LogP contribution in [0.4, 0.5) is 10.1 Å². The minimum atomic E-state index is -0.519. The monoisotopic (exact) mass is 403 g/mol. The lowest BCUT2D eigenvalue weighted by molar-refractivity contribution is -0.132. The molecule has 150 valence electrons. The summed E-state index contributed by atoms with van der Waals surface area (Å²) < 4.78 is 15.0. The number of benzene rings is 1. The SMILES string of the molecule is CCN1c2cc(F)c(C=C3C(=O)N(C)C(=S)N(C)C3=O)cc2C(C)CC1(C)C. The summed E-state index contributed by atoms with van der Waals surface area (Å²) in [5.41, 5.74) is 2.00. The van der Waals surface area contributed by atoms with Crippen LogP contribution in [0.1, 0.15) is 51.2 Å². The molecule has 2 amide bonds. The van der Waals surface area contributed by atoms with Gasteiger partial charge in [-0.1, -0.05) is 6.92 Å². The highest BCUT2D eigenvalue weighted by atomic mass is 32.1. The maximum absolute atomic E-state index is 15.0. The van der Waals surface area contributed by atoms with Crippen molar-refractivity contribution in [2.75, 3.05) is 25.5 Å². The van der Waals surface area contributed by atoms with E-state index in [1.807, 2.05) is 0 Å². The number of anilines is 1. The Morgan fingerprint density at radius 2 is 1.79 bits per heavy atom. The molecule has 1 fully saturated rings. The Hall–Kier alpha value is -2.28. The average molecular weight is 404 g/mol. The predicted octanol–water partition coefficient (Wildman–Crippen LogP) is 3.54. The highest BCUT2D eigenvalue weighted by Gasteiger charge is 2.38. The zero-order valence-electron chi connectivity index (χ0n) is 17.2. The molecule has 0 bridgehead atoms. The van der Waals surface area contributed by atoms with E-state index in [0.29, 0.717) is 0 Å². The van der Waals surface area contributed by atoms with Gasteiger partial charge in [0.25, 0.3) is 11.8 Å². The van der Waals surface area contributed by atoms with Crippen molar-refractivity contribution >= 4 is 40.9 Å². The molecule has 1 aromatic carbocycles. The highest BCUT2D eigenvalue weighted by Crippen LogP contribution is 2.44. The van der Waals surface area contributed by atoms with Crippen molar-refractivity contribution in [2.45, 2.75) is 45.6 Å². The summed E-state index contributed by atoms with van der Waals surface area (Å²) in [4.78, 5) is 29.7. The molecule has 5 nitrogen and oxygen atoms in total. The van der Waals surface area contributed by atoms with Crippen molar-refractivity contribution in [1.82, 2.24) is 9.80 Å². The van der Waals surface area contributed by atoms with Crippen molar-refractivity contribution in [1.29, 1.82) is 0 Å². The van der Waals surface area contributed by atoms with Crippen LogP contribution in [0, 0.1) is 5.82 Å². The number of carbonyl (C=O) groups excluding carboxylic acids is 2. The van der Waals surface area contributed by atoms with E-state index in [9.17, 15) is 14.0 Å². The summed E-state index contributed by atoms with van der Waals surface area (Å²) >= 11 is 5.10. The van der Waals surface area contributed by atoms with Crippen molar-refractivity contribution in [3.63, 3.8) is 0 Å². The van der Waals surface area contributed by atoms with Gasteiger partial charge in [0.15, 0.2) is 5.11 Å². The smallest absolute Gasteiger partial charge is 0.265 e. The fourth-order valence-electron chi connectivity index (χ4n) is 4.36. The van der Waals surface area contributed by atoms with E-state index < -0.39 is 17.6 Å². The number of carbonyl (C=O) groups is 2. The lowest BCUT2D eigenvalue weighted by Crippen LogP contribution is -2.52. The Kier molecular flexibility index (Phi) is 5.08. The van der Waals surface area contributed by atoms with E-state index in [4.69, 9.17) is 12.2 Å². The zero-order chi connectivity index (χ0) is 21.0. The number of thiocarbonyl (C=S) groups is 1. The summed E-state index contributed by atoms with van der Waals surface area (Å²) in [5, 5.41) is 0.132. The fraction of sp³-hybridized carbons (Fsp3) is 0.476. The Morgan fingerprint density at radius 1 is 1.21 bits per heavy atom. The van der Waals surface area contributed by atoms with E-state index in [0.717, 1.165) is 24.2 Å². The summed E-state index contributed by atoms with van der Waals surface area (Å²) in [6.07, 6.45) is 2.28. The predicted molar refractivity (Wildman–Crippen MR) is 113 cm³/mol. The molecule has 2 aliphatic rings. The number of likely N-dealkylation sites (N-methyl/N-ethyl adjacent to an activating group) is 2. The summed E-state index contributed by atoms with van der Waals surface area (Å²) in [6, 6.07) is 3.30. The molecule has 7 heteroatoms. The van der Waals surface area contributed by atoms with Crippen LogP contribution in [0.3, 0.4) is 0 Å². The maximum Gasteiger partial charge on any atom is 0.265 e.